The minimum absolute atomic E-state index is 0.0435. The molecule has 0 aromatic heterocycles. The monoisotopic (exact) mass is 422 g/mol. The van der Waals surface area contributed by atoms with Crippen molar-refractivity contribution >= 4 is 39.2 Å². The van der Waals surface area contributed by atoms with Gasteiger partial charge in [-0.15, -0.1) is 0 Å². The summed E-state index contributed by atoms with van der Waals surface area (Å²) in [6, 6.07) is 10.5. The van der Waals surface area contributed by atoms with Crippen LogP contribution in [0.5, 0.6) is 0 Å². The Morgan fingerprint density at radius 1 is 1.18 bits per heavy atom. The first kappa shape index (κ1) is 20.2. The first-order valence-electron chi connectivity index (χ1n) is 8.57. The van der Waals surface area contributed by atoms with Gasteiger partial charge < -0.3 is 10.1 Å². The number of carbonyl (C=O) groups excluding carboxylic acids is 2. The second kappa shape index (κ2) is 8.20. The fourth-order valence-electron chi connectivity index (χ4n) is 2.64. The molecule has 7 nitrogen and oxygen atoms in total. The average Bonchev–Trinajstić information content (AvgIpc) is 3.50. The Hall–Kier alpha value is -2.58. The van der Waals surface area contributed by atoms with Crippen molar-refractivity contribution in [1.29, 1.82) is 0 Å². The zero-order valence-corrected chi connectivity index (χ0v) is 16.6. The summed E-state index contributed by atoms with van der Waals surface area (Å²) < 4.78 is 32.5. The number of halogens is 1. The van der Waals surface area contributed by atoms with E-state index in [4.69, 9.17) is 16.3 Å². The predicted molar refractivity (Wildman–Crippen MR) is 105 cm³/mol. The van der Waals surface area contributed by atoms with Crippen molar-refractivity contribution in [1.82, 2.24) is 5.32 Å². The maximum absolute atomic E-state index is 12.7. The van der Waals surface area contributed by atoms with Gasteiger partial charge in [-0.25, -0.2) is 13.2 Å². The van der Waals surface area contributed by atoms with E-state index >= 15 is 0 Å². The quantitative estimate of drug-likeness (QED) is 0.668. The van der Waals surface area contributed by atoms with Crippen LogP contribution >= 0.6 is 11.6 Å². The second-order valence-electron chi connectivity index (χ2n) is 6.44. The Kier molecular flexibility index (Phi) is 5.90. The molecule has 2 N–H and O–H groups in total. The van der Waals surface area contributed by atoms with E-state index in [1.165, 1.54) is 25.3 Å². The largest absolute Gasteiger partial charge is 0.465 e. The Morgan fingerprint density at radius 3 is 2.54 bits per heavy atom. The summed E-state index contributed by atoms with van der Waals surface area (Å²) in [4.78, 5) is 23.7. The number of esters is 1. The summed E-state index contributed by atoms with van der Waals surface area (Å²) in [6.45, 7) is 0.168. The Bertz CT molecular complexity index is 1020. The van der Waals surface area contributed by atoms with Crippen molar-refractivity contribution in [3.63, 3.8) is 0 Å². The van der Waals surface area contributed by atoms with Crippen molar-refractivity contribution in [2.45, 2.75) is 24.3 Å². The van der Waals surface area contributed by atoms with Gasteiger partial charge in [-0.3, -0.25) is 9.52 Å². The molecule has 0 bridgehead atoms. The number of hydrogen-bond acceptors (Lipinski definition) is 5. The van der Waals surface area contributed by atoms with E-state index in [0.29, 0.717) is 5.56 Å². The van der Waals surface area contributed by atoms with Crippen LogP contribution < -0.4 is 10.0 Å². The third kappa shape index (κ3) is 4.82. The standard InChI is InChI=1S/C19H19ClN2O5S/c1-27-19(24)14-8-12(11-21-18(23)13-6-7-13)9-15(10-14)22-28(25,26)17-5-3-2-4-16(17)20/h2-5,8-10,13,22H,6-7,11H2,1H3,(H,21,23). The van der Waals surface area contributed by atoms with Crippen molar-refractivity contribution in [3.8, 4) is 0 Å². The molecule has 2 aromatic rings. The second-order valence-corrected chi connectivity index (χ2v) is 8.50. The first-order valence-corrected chi connectivity index (χ1v) is 10.4. The third-order valence-corrected chi connectivity index (χ3v) is 6.09. The van der Waals surface area contributed by atoms with Gasteiger partial charge in [-0.2, -0.15) is 0 Å². The molecule has 0 unspecified atom stereocenters. The minimum Gasteiger partial charge on any atom is -0.465 e. The summed E-state index contributed by atoms with van der Waals surface area (Å²) in [5.74, 6) is -0.628. The molecule has 1 fully saturated rings. The smallest absolute Gasteiger partial charge is 0.337 e. The number of nitrogens with one attached hydrogen (secondary N) is 2. The van der Waals surface area contributed by atoms with Crippen molar-refractivity contribution < 1.29 is 22.7 Å². The minimum atomic E-state index is -3.97. The molecule has 0 atom stereocenters. The molecule has 0 heterocycles. The normalized spacial score (nSPS) is 13.6. The molecule has 148 valence electrons. The molecule has 28 heavy (non-hydrogen) atoms. The van der Waals surface area contributed by atoms with Crippen molar-refractivity contribution in [2.75, 3.05) is 11.8 Å². The van der Waals surface area contributed by atoms with E-state index < -0.39 is 16.0 Å². The predicted octanol–water partition coefficient (Wildman–Crippen LogP) is 2.95. The van der Waals surface area contributed by atoms with Crippen LogP contribution in [0.15, 0.2) is 47.4 Å². The SMILES string of the molecule is COC(=O)c1cc(CNC(=O)C2CC2)cc(NS(=O)(=O)c2ccccc2Cl)c1. The molecule has 0 spiro atoms. The first-order chi connectivity index (χ1) is 13.3. The number of rotatable bonds is 7. The third-order valence-electron chi connectivity index (χ3n) is 4.21. The highest BCUT2D eigenvalue weighted by atomic mass is 35.5. The number of ether oxygens (including phenoxy) is 1. The van der Waals surface area contributed by atoms with Crippen LogP contribution in [0.4, 0.5) is 5.69 Å². The lowest BCUT2D eigenvalue weighted by Crippen LogP contribution is -2.24. The van der Waals surface area contributed by atoms with Crippen molar-refractivity contribution in [3.05, 3.63) is 58.6 Å². The molecular formula is C19H19ClN2O5S. The molecule has 9 heteroatoms. The van der Waals surface area contributed by atoms with E-state index in [1.807, 2.05) is 0 Å². The molecule has 2 aromatic carbocycles. The maximum atomic E-state index is 12.7. The maximum Gasteiger partial charge on any atom is 0.337 e. The highest BCUT2D eigenvalue weighted by Crippen LogP contribution is 2.29. The van der Waals surface area contributed by atoms with E-state index in [1.54, 1.807) is 24.3 Å². The van der Waals surface area contributed by atoms with Gasteiger partial charge in [-0.1, -0.05) is 23.7 Å². The fraction of sp³-hybridized carbons (Fsp3) is 0.263. The number of hydrogen-bond donors (Lipinski definition) is 2. The molecule has 0 aliphatic heterocycles. The number of anilines is 1. The topological polar surface area (TPSA) is 102 Å². The summed E-state index contributed by atoms with van der Waals surface area (Å²) >= 11 is 5.99. The Labute approximate surface area is 168 Å². The van der Waals surface area contributed by atoms with Gasteiger partial charge in [0.25, 0.3) is 10.0 Å². The van der Waals surface area contributed by atoms with E-state index in [0.717, 1.165) is 12.8 Å². The van der Waals surface area contributed by atoms with Crippen LogP contribution in [0.25, 0.3) is 0 Å². The van der Waals surface area contributed by atoms with Crippen LogP contribution in [-0.2, 0) is 26.1 Å². The number of carbonyl (C=O) groups is 2. The summed E-state index contributed by atoms with van der Waals surface area (Å²) in [5, 5.41) is 2.87. The van der Waals surface area contributed by atoms with Gasteiger partial charge in [0.15, 0.2) is 0 Å². The van der Waals surface area contributed by atoms with Gasteiger partial charge in [0.2, 0.25) is 5.91 Å². The lowest BCUT2D eigenvalue weighted by Gasteiger charge is -2.13. The van der Waals surface area contributed by atoms with E-state index in [9.17, 15) is 18.0 Å². The number of amides is 1. The van der Waals surface area contributed by atoms with Gasteiger partial charge in [0.05, 0.1) is 23.4 Å². The number of sulfonamides is 1. The van der Waals surface area contributed by atoms with Gasteiger partial charge in [-0.05, 0) is 48.7 Å². The van der Waals surface area contributed by atoms with Crippen LogP contribution in [0.3, 0.4) is 0 Å². The van der Waals surface area contributed by atoms with Crippen LogP contribution in [-0.4, -0.2) is 27.4 Å². The molecule has 1 aliphatic rings. The van der Waals surface area contributed by atoms with Crippen LogP contribution in [0, 0.1) is 5.92 Å². The lowest BCUT2D eigenvalue weighted by molar-refractivity contribution is -0.122. The van der Waals surface area contributed by atoms with E-state index in [-0.39, 0.29) is 39.5 Å². The molecule has 0 saturated heterocycles. The highest BCUT2D eigenvalue weighted by molar-refractivity contribution is 7.92. The van der Waals surface area contributed by atoms with Crippen LogP contribution in [0.2, 0.25) is 5.02 Å². The zero-order chi connectivity index (χ0) is 20.3. The Balaban J connectivity index is 1.88. The zero-order valence-electron chi connectivity index (χ0n) is 15.1. The van der Waals surface area contributed by atoms with Crippen LogP contribution in [0.1, 0.15) is 28.8 Å². The van der Waals surface area contributed by atoms with Crippen molar-refractivity contribution in [2.24, 2.45) is 5.92 Å². The summed E-state index contributed by atoms with van der Waals surface area (Å²) in [6.07, 6.45) is 1.74. The lowest BCUT2D eigenvalue weighted by atomic mass is 10.1. The molecule has 1 aliphatic carbocycles. The average molecular weight is 423 g/mol. The number of benzene rings is 2. The number of methoxy groups -OCH3 is 1. The summed E-state index contributed by atoms with van der Waals surface area (Å²) in [5.41, 5.74) is 0.893. The van der Waals surface area contributed by atoms with E-state index in [2.05, 4.69) is 10.0 Å². The van der Waals surface area contributed by atoms with Gasteiger partial charge in [0, 0.05) is 12.5 Å². The molecule has 3 rings (SSSR count). The summed E-state index contributed by atoms with van der Waals surface area (Å²) in [7, 11) is -2.73. The highest BCUT2D eigenvalue weighted by Gasteiger charge is 2.29. The van der Waals surface area contributed by atoms with Gasteiger partial charge >= 0.3 is 5.97 Å². The van der Waals surface area contributed by atoms with Gasteiger partial charge in [0.1, 0.15) is 4.90 Å². The molecule has 1 amide bonds. The fourth-order valence-corrected chi connectivity index (χ4v) is 4.20. The molecular weight excluding hydrogens is 404 g/mol. The Morgan fingerprint density at radius 2 is 1.89 bits per heavy atom. The molecule has 0 radical (unpaired) electrons. The molecule has 1 saturated carbocycles.